The summed E-state index contributed by atoms with van der Waals surface area (Å²) in [6, 6.07) is 7.56. The molecule has 1 aromatic carbocycles. The number of ether oxygens (including phenoxy) is 2. The molecule has 0 radical (unpaired) electrons. The summed E-state index contributed by atoms with van der Waals surface area (Å²) < 4.78 is 11.4. The summed E-state index contributed by atoms with van der Waals surface area (Å²) in [6.07, 6.45) is 0. The molecule has 3 nitrogen and oxygen atoms in total. The molecule has 0 unspecified atom stereocenters. The Morgan fingerprint density at radius 3 is 2.82 bits per heavy atom. The third-order valence-corrected chi connectivity index (χ3v) is 3.47. The molecule has 0 saturated carbocycles. The Balaban J connectivity index is 2.33. The fourth-order valence-corrected chi connectivity index (χ4v) is 2.25. The maximum absolute atomic E-state index is 6.10. The van der Waals surface area contributed by atoms with Gasteiger partial charge in [-0.2, -0.15) is 0 Å². The van der Waals surface area contributed by atoms with Crippen LogP contribution in [-0.4, -0.2) is 25.3 Å². The fourth-order valence-electron chi connectivity index (χ4n) is 1.44. The van der Waals surface area contributed by atoms with Crippen LogP contribution in [0.2, 0.25) is 5.02 Å². The molecule has 0 bridgehead atoms. The monoisotopic (exact) mass is 363 g/mol. The fraction of sp³-hybridized carbons (Fsp3) is 0.250. The van der Waals surface area contributed by atoms with Crippen molar-refractivity contribution >= 4 is 45.1 Å². The quantitative estimate of drug-likeness (QED) is 0.615. The SMILES string of the molecule is COCCOc1ccc2c(Cl)ccc(I)c2n1. The Bertz CT molecular complexity index is 533. The second-order valence-corrected chi connectivity index (χ2v) is 4.99. The van der Waals surface area contributed by atoms with Crippen molar-refractivity contribution < 1.29 is 9.47 Å². The minimum Gasteiger partial charge on any atom is -0.475 e. The molecule has 0 fully saturated rings. The van der Waals surface area contributed by atoms with Gasteiger partial charge in [0, 0.05) is 22.1 Å². The molecule has 0 N–H and O–H groups in total. The van der Waals surface area contributed by atoms with Gasteiger partial charge in [-0.05, 0) is 40.8 Å². The first-order chi connectivity index (χ1) is 8.22. The topological polar surface area (TPSA) is 31.4 Å². The molecule has 17 heavy (non-hydrogen) atoms. The maximum Gasteiger partial charge on any atom is 0.213 e. The number of nitrogens with zero attached hydrogens (tertiary/aromatic N) is 1. The van der Waals surface area contributed by atoms with Gasteiger partial charge in [0.25, 0.3) is 0 Å². The van der Waals surface area contributed by atoms with Crippen molar-refractivity contribution in [3.63, 3.8) is 0 Å². The number of benzene rings is 1. The van der Waals surface area contributed by atoms with E-state index in [1.54, 1.807) is 7.11 Å². The van der Waals surface area contributed by atoms with Crippen LogP contribution in [-0.2, 0) is 4.74 Å². The van der Waals surface area contributed by atoms with Crippen molar-refractivity contribution in [1.82, 2.24) is 4.98 Å². The highest BCUT2D eigenvalue weighted by molar-refractivity contribution is 14.1. The van der Waals surface area contributed by atoms with Gasteiger partial charge in [-0.25, -0.2) is 4.98 Å². The molecule has 2 rings (SSSR count). The van der Waals surface area contributed by atoms with Gasteiger partial charge in [-0.3, -0.25) is 0 Å². The van der Waals surface area contributed by atoms with Gasteiger partial charge in [0.1, 0.15) is 6.61 Å². The number of fused-ring (bicyclic) bond motifs is 1. The Morgan fingerprint density at radius 2 is 2.06 bits per heavy atom. The average molecular weight is 364 g/mol. The molecule has 1 heterocycles. The van der Waals surface area contributed by atoms with E-state index in [0.29, 0.717) is 24.1 Å². The van der Waals surface area contributed by atoms with Crippen LogP contribution in [0.3, 0.4) is 0 Å². The molecule has 0 aliphatic carbocycles. The molecular formula is C12H11ClINO2. The van der Waals surface area contributed by atoms with Crippen molar-refractivity contribution in [3.05, 3.63) is 32.9 Å². The number of methoxy groups -OCH3 is 1. The van der Waals surface area contributed by atoms with Crippen molar-refractivity contribution in [2.45, 2.75) is 0 Å². The standard InChI is InChI=1S/C12H11ClINO2/c1-16-6-7-17-11-5-2-8-9(13)3-4-10(14)12(8)15-11/h2-5H,6-7H2,1H3. The third kappa shape index (κ3) is 3.00. The van der Waals surface area contributed by atoms with Gasteiger partial charge in [-0.15, -0.1) is 0 Å². The van der Waals surface area contributed by atoms with Crippen LogP contribution >= 0.6 is 34.2 Å². The highest BCUT2D eigenvalue weighted by atomic mass is 127. The van der Waals surface area contributed by atoms with Crippen molar-refractivity contribution in [3.8, 4) is 5.88 Å². The molecule has 90 valence electrons. The van der Waals surface area contributed by atoms with Gasteiger partial charge in [0.05, 0.1) is 17.1 Å². The molecule has 2 aromatic rings. The van der Waals surface area contributed by atoms with Crippen LogP contribution in [0.4, 0.5) is 0 Å². The van der Waals surface area contributed by atoms with E-state index in [0.717, 1.165) is 14.5 Å². The summed E-state index contributed by atoms with van der Waals surface area (Å²) in [5.74, 6) is 0.592. The van der Waals surface area contributed by atoms with Crippen LogP contribution in [0.1, 0.15) is 0 Å². The predicted octanol–water partition coefficient (Wildman–Crippen LogP) is 3.52. The minimum absolute atomic E-state index is 0.492. The lowest BCUT2D eigenvalue weighted by Crippen LogP contribution is -2.05. The molecule has 5 heteroatoms. The maximum atomic E-state index is 6.10. The third-order valence-electron chi connectivity index (χ3n) is 2.27. The van der Waals surface area contributed by atoms with E-state index in [-0.39, 0.29) is 0 Å². The molecule has 0 atom stereocenters. The summed E-state index contributed by atoms with van der Waals surface area (Å²) in [5, 5.41) is 1.65. The van der Waals surface area contributed by atoms with E-state index in [9.17, 15) is 0 Å². The number of aromatic nitrogens is 1. The van der Waals surface area contributed by atoms with E-state index in [1.165, 1.54) is 0 Å². The lowest BCUT2D eigenvalue weighted by atomic mass is 10.2. The number of halogens is 2. The van der Waals surface area contributed by atoms with Gasteiger partial charge < -0.3 is 9.47 Å². The van der Waals surface area contributed by atoms with Gasteiger partial charge >= 0.3 is 0 Å². The zero-order valence-electron chi connectivity index (χ0n) is 9.24. The molecule has 0 spiro atoms. The summed E-state index contributed by atoms with van der Waals surface area (Å²) in [5.41, 5.74) is 0.869. The largest absolute Gasteiger partial charge is 0.475 e. The Labute approximate surface area is 118 Å². The highest BCUT2D eigenvalue weighted by Gasteiger charge is 2.06. The van der Waals surface area contributed by atoms with Crippen LogP contribution < -0.4 is 4.74 Å². The Hall–Kier alpha value is -0.590. The molecule has 0 aliphatic heterocycles. The average Bonchev–Trinajstić information content (AvgIpc) is 2.34. The van der Waals surface area contributed by atoms with Crippen LogP contribution in [0.5, 0.6) is 5.88 Å². The number of hydrogen-bond acceptors (Lipinski definition) is 3. The lowest BCUT2D eigenvalue weighted by Gasteiger charge is -2.07. The zero-order valence-corrected chi connectivity index (χ0v) is 12.2. The van der Waals surface area contributed by atoms with Crippen molar-refractivity contribution in [2.24, 2.45) is 0 Å². The first-order valence-electron chi connectivity index (χ1n) is 5.09. The lowest BCUT2D eigenvalue weighted by molar-refractivity contribution is 0.144. The van der Waals surface area contributed by atoms with E-state index in [1.807, 2.05) is 24.3 Å². The summed E-state index contributed by atoms with van der Waals surface area (Å²) in [4.78, 5) is 4.44. The molecule has 0 aliphatic rings. The minimum atomic E-state index is 0.492. The first-order valence-corrected chi connectivity index (χ1v) is 6.54. The molecule has 0 saturated heterocycles. The number of pyridine rings is 1. The summed E-state index contributed by atoms with van der Waals surface area (Å²) in [6.45, 7) is 1.04. The molecular weight excluding hydrogens is 352 g/mol. The highest BCUT2D eigenvalue weighted by Crippen LogP contribution is 2.27. The molecule has 0 amide bonds. The summed E-state index contributed by atoms with van der Waals surface area (Å²) >= 11 is 8.34. The van der Waals surface area contributed by atoms with Gasteiger partial charge in [-0.1, -0.05) is 11.6 Å². The predicted molar refractivity (Wildman–Crippen MR) is 76.8 cm³/mol. The smallest absolute Gasteiger partial charge is 0.213 e. The Morgan fingerprint density at radius 1 is 1.24 bits per heavy atom. The number of hydrogen-bond donors (Lipinski definition) is 0. The van der Waals surface area contributed by atoms with Crippen LogP contribution in [0.15, 0.2) is 24.3 Å². The van der Waals surface area contributed by atoms with E-state index < -0.39 is 0 Å². The van der Waals surface area contributed by atoms with Crippen molar-refractivity contribution in [1.29, 1.82) is 0 Å². The van der Waals surface area contributed by atoms with Crippen LogP contribution in [0, 0.1) is 3.57 Å². The zero-order chi connectivity index (χ0) is 12.3. The van der Waals surface area contributed by atoms with Crippen molar-refractivity contribution in [2.75, 3.05) is 20.3 Å². The molecule has 1 aromatic heterocycles. The van der Waals surface area contributed by atoms with E-state index >= 15 is 0 Å². The summed E-state index contributed by atoms with van der Waals surface area (Å²) in [7, 11) is 1.64. The first kappa shape index (κ1) is 12.9. The number of rotatable bonds is 4. The van der Waals surface area contributed by atoms with Gasteiger partial charge in [0.15, 0.2) is 0 Å². The van der Waals surface area contributed by atoms with Gasteiger partial charge in [0.2, 0.25) is 5.88 Å². The normalized spacial score (nSPS) is 10.8. The second-order valence-electron chi connectivity index (χ2n) is 3.42. The second kappa shape index (κ2) is 5.84. The van der Waals surface area contributed by atoms with E-state index in [4.69, 9.17) is 21.1 Å². The van der Waals surface area contributed by atoms with E-state index in [2.05, 4.69) is 27.6 Å². The van der Waals surface area contributed by atoms with Crippen LogP contribution in [0.25, 0.3) is 10.9 Å². The Kier molecular flexibility index (Phi) is 4.42.